The van der Waals surface area contributed by atoms with Crippen molar-refractivity contribution in [1.82, 2.24) is 0 Å². The van der Waals surface area contributed by atoms with Crippen LogP contribution in [0.15, 0.2) is 6.08 Å². The summed E-state index contributed by atoms with van der Waals surface area (Å²) in [4.78, 5) is 0. The second kappa shape index (κ2) is 3.91. The van der Waals surface area contributed by atoms with Gasteiger partial charge in [0.1, 0.15) is 0 Å². The largest absolute Gasteiger partial charge is 0.0785 e. The smallest absolute Gasteiger partial charge is 0.0285 e. The van der Waals surface area contributed by atoms with Gasteiger partial charge in [0, 0.05) is 0 Å². The SMILES string of the molecule is CC/[C]=C\C(C)C. The Bertz CT molecular complexity index is 51.1. The molecule has 0 aromatic rings. The van der Waals surface area contributed by atoms with E-state index in [1.165, 1.54) is 0 Å². The van der Waals surface area contributed by atoms with Crippen molar-refractivity contribution in [2.24, 2.45) is 5.92 Å². The molecule has 0 rings (SSSR count). The number of hydrogen-bond donors (Lipinski definition) is 0. The van der Waals surface area contributed by atoms with Gasteiger partial charge in [0.25, 0.3) is 0 Å². The summed E-state index contributed by atoms with van der Waals surface area (Å²) in [6.07, 6.45) is 6.26. The maximum absolute atomic E-state index is 3.12. The average molecular weight is 97.2 g/mol. The Morgan fingerprint density at radius 3 is 2.29 bits per heavy atom. The molecule has 7 heavy (non-hydrogen) atoms. The van der Waals surface area contributed by atoms with Crippen molar-refractivity contribution in [2.75, 3.05) is 0 Å². The molecule has 0 aliphatic carbocycles. The van der Waals surface area contributed by atoms with Crippen LogP contribution in [-0.4, -0.2) is 0 Å². The van der Waals surface area contributed by atoms with E-state index in [0.717, 1.165) is 6.42 Å². The third-order valence-corrected chi connectivity index (χ3v) is 0.655. The predicted molar refractivity (Wildman–Crippen MR) is 32.9 cm³/mol. The van der Waals surface area contributed by atoms with E-state index in [0.29, 0.717) is 5.92 Å². The lowest BCUT2D eigenvalue weighted by atomic mass is 10.2. The van der Waals surface area contributed by atoms with Gasteiger partial charge in [-0.3, -0.25) is 0 Å². The summed E-state index contributed by atoms with van der Waals surface area (Å²) in [5, 5.41) is 0. The van der Waals surface area contributed by atoms with Crippen molar-refractivity contribution in [3.8, 4) is 0 Å². The first-order valence-corrected chi connectivity index (χ1v) is 2.84. The van der Waals surface area contributed by atoms with Crippen LogP contribution in [0, 0.1) is 12.0 Å². The molecule has 0 aromatic heterocycles. The molecule has 0 amide bonds. The van der Waals surface area contributed by atoms with Crippen LogP contribution in [0.3, 0.4) is 0 Å². The summed E-state index contributed by atoms with van der Waals surface area (Å²) >= 11 is 0. The van der Waals surface area contributed by atoms with Gasteiger partial charge in [-0.05, 0) is 18.4 Å². The quantitative estimate of drug-likeness (QED) is 0.496. The monoisotopic (exact) mass is 97.1 g/mol. The van der Waals surface area contributed by atoms with Gasteiger partial charge in [-0.2, -0.15) is 0 Å². The molecule has 0 unspecified atom stereocenters. The Kier molecular flexibility index (Phi) is 3.77. The highest BCUT2D eigenvalue weighted by Crippen LogP contribution is 1.92. The van der Waals surface area contributed by atoms with Gasteiger partial charge in [-0.15, -0.1) is 0 Å². The molecule has 0 spiro atoms. The zero-order valence-corrected chi connectivity index (χ0v) is 5.36. The molecule has 0 saturated carbocycles. The molecule has 0 fully saturated rings. The van der Waals surface area contributed by atoms with E-state index < -0.39 is 0 Å². The van der Waals surface area contributed by atoms with Crippen LogP contribution in [0.1, 0.15) is 27.2 Å². The van der Waals surface area contributed by atoms with E-state index in [1.807, 2.05) is 0 Å². The van der Waals surface area contributed by atoms with E-state index in [-0.39, 0.29) is 0 Å². The van der Waals surface area contributed by atoms with Crippen molar-refractivity contribution >= 4 is 0 Å². The minimum Gasteiger partial charge on any atom is -0.0785 e. The fraction of sp³-hybridized carbons (Fsp3) is 0.714. The van der Waals surface area contributed by atoms with Crippen molar-refractivity contribution in [2.45, 2.75) is 27.2 Å². The number of hydrogen-bond acceptors (Lipinski definition) is 0. The summed E-state index contributed by atoms with van der Waals surface area (Å²) in [7, 11) is 0. The number of allylic oxidation sites excluding steroid dienone is 2. The highest BCUT2D eigenvalue weighted by molar-refractivity contribution is 4.75. The van der Waals surface area contributed by atoms with E-state index >= 15 is 0 Å². The van der Waals surface area contributed by atoms with Crippen LogP contribution in [0.2, 0.25) is 0 Å². The zero-order chi connectivity index (χ0) is 5.70. The summed E-state index contributed by atoms with van der Waals surface area (Å²) in [5.41, 5.74) is 0. The van der Waals surface area contributed by atoms with E-state index in [1.54, 1.807) is 0 Å². The number of rotatable bonds is 2. The van der Waals surface area contributed by atoms with Crippen LogP contribution in [0.4, 0.5) is 0 Å². The van der Waals surface area contributed by atoms with Crippen molar-refractivity contribution < 1.29 is 0 Å². The summed E-state index contributed by atoms with van der Waals surface area (Å²) in [6, 6.07) is 0. The highest BCUT2D eigenvalue weighted by atomic mass is 13.8. The van der Waals surface area contributed by atoms with Gasteiger partial charge in [0.05, 0.1) is 0 Å². The summed E-state index contributed by atoms with van der Waals surface area (Å²) in [6.45, 7) is 6.41. The van der Waals surface area contributed by atoms with Crippen LogP contribution >= 0.6 is 0 Å². The Morgan fingerprint density at radius 2 is 2.14 bits per heavy atom. The first-order valence-electron chi connectivity index (χ1n) is 2.84. The standard InChI is InChI=1S/C7H13/c1-4-5-6-7(2)3/h6-7H,4H2,1-3H3. The van der Waals surface area contributed by atoms with Crippen LogP contribution < -0.4 is 0 Å². The minimum absolute atomic E-state index is 0.667. The second-order valence-electron chi connectivity index (χ2n) is 1.97. The van der Waals surface area contributed by atoms with Gasteiger partial charge in [-0.1, -0.05) is 26.8 Å². The lowest BCUT2D eigenvalue weighted by Crippen LogP contribution is -1.75. The Balaban J connectivity index is 3.08. The Morgan fingerprint density at radius 1 is 1.57 bits per heavy atom. The van der Waals surface area contributed by atoms with E-state index in [9.17, 15) is 0 Å². The molecule has 0 aromatic carbocycles. The van der Waals surface area contributed by atoms with Crippen LogP contribution in [0.25, 0.3) is 0 Å². The zero-order valence-electron chi connectivity index (χ0n) is 5.36. The first kappa shape index (κ1) is 6.74. The van der Waals surface area contributed by atoms with Gasteiger partial charge in [0.2, 0.25) is 0 Å². The minimum atomic E-state index is 0.667. The maximum Gasteiger partial charge on any atom is -0.0285 e. The normalized spacial score (nSPS) is 11.4. The lowest BCUT2D eigenvalue weighted by molar-refractivity contribution is 0.821. The molecule has 0 heterocycles. The van der Waals surface area contributed by atoms with Crippen LogP contribution in [0.5, 0.6) is 0 Å². The van der Waals surface area contributed by atoms with Gasteiger partial charge < -0.3 is 0 Å². The van der Waals surface area contributed by atoms with Gasteiger partial charge in [-0.25, -0.2) is 0 Å². The molecular weight excluding hydrogens is 84.1 g/mol. The van der Waals surface area contributed by atoms with Crippen molar-refractivity contribution in [3.05, 3.63) is 12.2 Å². The molecule has 0 atom stereocenters. The van der Waals surface area contributed by atoms with Crippen molar-refractivity contribution in [1.29, 1.82) is 0 Å². The average Bonchev–Trinajstić information content (AvgIpc) is 1.61. The van der Waals surface area contributed by atoms with E-state index in [4.69, 9.17) is 0 Å². The van der Waals surface area contributed by atoms with Gasteiger partial charge >= 0.3 is 0 Å². The molecule has 41 valence electrons. The molecule has 0 aliphatic rings. The molecule has 0 bridgehead atoms. The topological polar surface area (TPSA) is 0 Å². The molecular formula is C7H13. The summed E-state index contributed by atoms with van der Waals surface area (Å²) in [5.74, 6) is 0.667. The fourth-order valence-electron chi connectivity index (χ4n) is 0.354. The molecule has 0 aliphatic heterocycles. The molecule has 1 radical (unpaired) electrons. The van der Waals surface area contributed by atoms with Crippen LogP contribution in [-0.2, 0) is 0 Å². The summed E-state index contributed by atoms with van der Waals surface area (Å²) < 4.78 is 0. The second-order valence-corrected chi connectivity index (χ2v) is 1.97. The molecule has 0 N–H and O–H groups in total. The lowest BCUT2D eigenvalue weighted by Gasteiger charge is -1.88. The molecule has 0 heteroatoms. The fourth-order valence-corrected chi connectivity index (χ4v) is 0.354. The molecule has 0 nitrogen and oxygen atoms in total. The molecule has 0 saturated heterocycles. The first-order chi connectivity index (χ1) is 3.27. The van der Waals surface area contributed by atoms with Gasteiger partial charge in [0.15, 0.2) is 0 Å². The Hall–Kier alpha value is -0.260. The van der Waals surface area contributed by atoms with E-state index in [2.05, 4.69) is 32.9 Å². The van der Waals surface area contributed by atoms with Crippen molar-refractivity contribution in [3.63, 3.8) is 0 Å². The highest BCUT2D eigenvalue weighted by Gasteiger charge is 1.78. The maximum atomic E-state index is 3.12. The predicted octanol–water partition coefficient (Wildman–Crippen LogP) is 2.41. The third kappa shape index (κ3) is 5.74. The third-order valence-electron chi connectivity index (χ3n) is 0.655. The Labute approximate surface area is 46.2 Å².